The van der Waals surface area contributed by atoms with Gasteiger partial charge < -0.3 is 4.90 Å². The first-order chi connectivity index (χ1) is 9.90. The van der Waals surface area contributed by atoms with Crippen LogP contribution in [0.5, 0.6) is 0 Å². The summed E-state index contributed by atoms with van der Waals surface area (Å²) in [6.45, 7) is 0. The van der Waals surface area contributed by atoms with E-state index in [1.165, 1.54) is 17.1 Å². The Morgan fingerprint density at radius 2 is 1.82 bits per heavy atom. The van der Waals surface area contributed by atoms with Gasteiger partial charge in [0.15, 0.2) is 6.21 Å². The highest BCUT2D eigenvalue weighted by Crippen LogP contribution is 2.11. The van der Waals surface area contributed by atoms with Gasteiger partial charge in [0.2, 0.25) is 0 Å². The monoisotopic (exact) mass is 337 g/mol. The summed E-state index contributed by atoms with van der Waals surface area (Å²) in [6.07, 6.45) is 6.27. The third kappa shape index (κ3) is 9.79. The summed E-state index contributed by atoms with van der Waals surface area (Å²) >= 11 is 0. The van der Waals surface area contributed by atoms with Crippen molar-refractivity contribution in [2.75, 3.05) is 28.2 Å². The topological polar surface area (TPSA) is 159 Å². The highest BCUT2D eigenvalue weighted by Gasteiger charge is 2.12. The Labute approximate surface area is 128 Å². The number of hydrogen-bond donors (Lipinski definition) is 0. The van der Waals surface area contributed by atoms with Crippen LogP contribution in [0.4, 0.5) is 5.69 Å². The summed E-state index contributed by atoms with van der Waals surface area (Å²) in [5, 5.41) is 14.5. The van der Waals surface area contributed by atoms with Crippen molar-refractivity contribution in [2.45, 2.75) is 0 Å². The molecule has 0 amide bonds. The highest BCUT2D eigenvalue weighted by atomic mass is 35.7. The van der Waals surface area contributed by atoms with Gasteiger partial charge in [-0.25, -0.2) is 27.9 Å². The lowest BCUT2D eigenvalue weighted by Gasteiger charge is -2.17. The summed E-state index contributed by atoms with van der Waals surface area (Å²) < 4.78 is 37.3. The van der Waals surface area contributed by atoms with Crippen LogP contribution in [0, 0.1) is 20.4 Å². The summed E-state index contributed by atoms with van der Waals surface area (Å²) in [4.78, 5) is 12.0. The molecule has 11 nitrogen and oxygen atoms in total. The quantitative estimate of drug-likeness (QED) is 0.231. The molecule has 0 saturated carbocycles. The Morgan fingerprint density at radius 3 is 2.14 bits per heavy atom. The molecule has 0 spiro atoms. The fraction of sp³-hybridized carbons (Fsp3) is 0.400. The van der Waals surface area contributed by atoms with Crippen molar-refractivity contribution in [2.24, 2.45) is 0 Å². The number of allylic oxidation sites excluding steroid dienone is 1. The minimum Gasteiger partial charge on any atom is -0.382 e. The highest BCUT2D eigenvalue weighted by molar-refractivity contribution is 5.98. The lowest BCUT2D eigenvalue weighted by Crippen LogP contribution is -2.68. The van der Waals surface area contributed by atoms with Crippen molar-refractivity contribution in [3.63, 3.8) is 0 Å². The van der Waals surface area contributed by atoms with E-state index in [0.29, 0.717) is 0 Å². The second kappa shape index (κ2) is 8.41. The number of hydrogen-bond acceptors (Lipinski definition) is 8. The number of rotatable bonds is 4. The Morgan fingerprint density at radius 1 is 1.32 bits per heavy atom. The zero-order valence-corrected chi connectivity index (χ0v) is 13.1. The number of aromatic nitrogens is 2. The standard InChI is InChI=1S/C10H16N5O2.ClHO4/c1-12(2)6-10(7-13(3)4)14-8-9(5-11-14)15(16)17;2-1(3,4)5/h5-8H,1-4H3;(H,2,3,4,5)/q+1;/p-1. The zero-order valence-electron chi connectivity index (χ0n) is 12.4. The van der Waals surface area contributed by atoms with Gasteiger partial charge in [0.1, 0.15) is 32.2 Å². The van der Waals surface area contributed by atoms with Gasteiger partial charge in [-0.3, -0.25) is 10.1 Å². The molecule has 124 valence electrons. The molecule has 1 aromatic rings. The molecule has 0 N–H and O–H groups in total. The van der Waals surface area contributed by atoms with E-state index in [0.717, 1.165) is 5.70 Å². The van der Waals surface area contributed by atoms with E-state index < -0.39 is 15.2 Å². The second-order valence-electron chi connectivity index (χ2n) is 4.39. The van der Waals surface area contributed by atoms with Gasteiger partial charge >= 0.3 is 5.69 Å². The third-order valence-corrected chi connectivity index (χ3v) is 1.83. The largest absolute Gasteiger partial charge is 0.382 e. The molecule has 1 rings (SSSR count). The minimum absolute atomic E-state index is 0.0261. The van der Waals surface area contributed by atoms with E-state index in [9.17, 15) is 10.1 Å². The molecule has 0 radical (unpaired) electrons. The number of nitro groups is 1. The molecular weight excluding hydrogens is 322 g/mol. The predicted molar refractivity (Wildman–Crippen MR) is 65.0 cm³/mol. The normalized spacial score (nSPS) is 11.4. The average Bonchev–Trinajstić information content (AvgIpc) is 2.73. The molecule has 0 aliphatic carbocycles. The van der Waals surface area contributed by atoms with E-state index >= 15 is 0 Å². The molecule has 0 unspecified atom stereocenters. The summed E-state index contributed by atoms with van der Waals surface area (Å²) in [5.41, 5.74) is 0.718. The van der Waals surface area contributed by atoms with Crippen LogP contribution in [0.2, 0.25) is 0 Å². The molecule has 0 bridgehead atoms. The minimum atomic E-state index is -4.94. The van der Waals surface area contributed by atoms with Crippen LogP contribution in [0.25, 0.3) is 5.70 Å². The Balaban J connectivity index is 0.000000763. The summed E-state index contributed by atoms with van der Waals surface area (Å²) in [5.74, 6) is 0. The summed E-state index contributed by atoms with van der Waals surface area (Å²) in [6, 6.07) is 0. The first-order valence-electron chi connectivity index (χ1n) is 5.61. The van der Waals surface area contributed by atoms with Crippen LogP contribution >= 0.6 is 0 Å². The number of halogens is 1. The maximum absolute atomic E-state index is 10.6. The Hall–Kier alpha value is -2.05. The Bertz CT molecular complexity index is 552. The Kier molecular flexibility index (Phi) is 7.62. The van der Waals surface area contributed by atoms with E-state index in [1.54, 1.807) is 0 Å². The SMILES string of the molecule is CN(C)/C=C(/C=[N+](C)C)n1cc([N+](=O)[O-])cn1.[O-][Cl+3]([O-])([O-])[O-]. The van der Waals surface area contributed by atoms with Gasteiger partial charge in [-0.1, -0.05) is 0 Å². The molecule has 0 aromatic carbocycles. The van der Waals surface area contributed by atoms with Crippen LogP contribution in [-0.2, 0) is 0 Å². The maximum atomic E-state index is 10.6. The van der Waals surface area contributed by atoms with Gasteiger partial charge in [0.05, 0.1) is 4.92 Å². The van der Waals surface area contributed by atoms with Gasteiger partial charge in [-0.05, 0) is 0 Å². The second-order valence-corrected chi connectivity index (χ2v) is 5.14. The van der Waals surface area contributed by atoms with Crippen molar-refractivity contribution in [1.29, 1.82) is 0 Å². The van der Waals surface area contributed by atoms with Crippen LogP contribution in [0.15, 0.2) is 18.6 Å². The van der Waals surface area contributed by atoms with Gasteiger partial charge in [0.25, 0.3) is 0 Å². The van der Waals surface area contributed by atoms with Crippen LogP contribution in [0.3, 0.4) is 0 Å². The molecule has 0 aliphatic rings. The van der Waals surface area contributed by atoms with E-state index in [4.69, 9.17) is 18.6 Å². The molecule has 1 heterocycles. The lowest BCUT2D eigenvalue weighted by molar-refractivity contribution is -2.00. The van der Waals surface area contributed by atoms with Crippen molar-refractivity contribution < 1.29 is 38.4 Å². The van der Waals surface area contributed by atoms with Crippen LogP contribution in [-0.4, -0.2) is 58.6 Å². The van der Waals surface area contributed by atoms with E-state index in [-0.39, 0.29) is 5.69 Å². The van der Waals surface area contributed by atoms with E-state index in [1.807, 2.05) is 50.1 Å². The fourth-order valence-electron chi connectivity index (χ4n) is 1.23. The molecule has 0 saturated heterocycles. The van der Waals surface area contributed by atoms with Gasteiger partial charge in [-0.15, -0.1) is 10.2 Å². The average molecular weight is 338 g/mol. The molecule has 12 heteroatoms. The van der Waals surface area contributed by atoms with Crippen molar-refractivity contribution in [1.82, 2.24) is 14.7 Å². The molecule has 0 aliphatic heterocycles. The number of nitrogens with zero attached hydrogens (tertiary/aromatic N) is 5. The smallest absolute Gasteiger partial charge is 0.307 e. The van der Waals surface area contributed by atoms with Crippen molar-refractivity contribution in [3.05, 3.63) is 28.7 Å². The first-order valence-corrected chi connectivity index (χ1v) is 6.84. The van der Waals surface area contributed by atoms with Gasteiger partial charge in [0, 0.05) is 20.3 Å². The lowest BCUT2D eigenvalue weighted by atomic mass is 10.4. The van der Waals surface area contributed by atoms with Crippen LogP contribution < -0.4 is 18.6 Å². The first kappa shape index (κ1) is 19.9. The predicted octanol–water partition coefficient (Wildman–Crippen LogP) is -4.26. The van der Waals surface area contributed by atoms with Crippen molar-refractivity contribution in [3.8, 4) is 0 Å². The molecule has 22 heavy (non-hydrogen) atoms. The van der Waals surface area contributed by atoms with Crippen LogP contribution in [0.1, 0.15) is 0 Å². The molecule has 0 atom stereocenters. The maximum Gasteiger partial charge on any atom is 0.307 e. The van der Waals surface area contributed by atoms with E-state index in [2.05, 4.69) is 5.10 Å². The fourth-order valence-corrected chi connectivity index (χ4v) is 1.23. The van der Waals surface area contributed by atoms with Gasteiger partial charge in [-0.2, -0.15) is 5.10 Å². The third-order valence-electron chi connectivity index (χ3n) is 1.83. The molecule has 0 fully saturated rings. The molecule has 1 aromatic heterocycles. The zero-order chi connectivity index (χ0) is 17.5. The molecular formula is C10H16ClN5O6. The summed E-state index contributed by atoms with van der Waals surface area (Å²) in [7, 11) is 2.56. The van der Waals surface area contributed by atoms with Crippen molar-refractivity contribution >= 4 is 17.6 Å².